The number of hydrogen-bond donors (Lipinski definition) is 1. The Balaban J connectivity index is 1.33. The number of aliphatic imine (C=N–C) groups is 1. The number of nitrogens with two attached hydrogens (primary N) is 1. The van der Waals surface area contributed by atoms with Gasteiger partial charge in [-0.2, -0.15) is 9.07 Å². The molecule has 0 saturated heterocycles. The third-order valence-corrected chi connectivity index (χ3v) is 6.60. The van der Waals surface area contributed by atoms with Crippen LogP contribution in [0.25, 0.3) is 16.8 Å². The molecule has 174 valence electrons. The fourth-order valence-electron chi connectivity index (χ4n) is 4.79. The van der Waals surface area contributed by atoms with Gasteiger partial charge in [0.15, 0.2) is 0 Å². The Morgan fingerprint density at radius 3 is 2.80 bits per heavy atom. The summed E-state index contributed by atoms with van der Waals surface area (Å²) in [5.74, 6) is -0.528. The predicted octanol–water partition coefficient (Wildman–Crippen LogP) is 3.52. The molecule has 2 aliphatic heterocycles. The van der Waals surface area contributed by atoms with Crippen LogP contribution in [0.3, 0.4) is 0 Å². The Morgan fingerprint density at radius 2 is 2.00 bits per heavy atom. The highest BCUT2D eigenvalue weighted by molar-refractivity contribution is 6.31. The summed E-state index contributed by atoms with van der Waals surface area (Å²) in [6.45, 7) is 0. The number of nitrogen functional groups attached to an aromatic ring is 1. The highest BCUT2D eigenvalue weighted by atomic mass is 35.5. The van der Waals surface area contributed by atoms with E-state index in [2.05, 4.69) is 25.5 Å². The molecule has 0 radical (unpaired) electrons. The first-order chi connectivity index (χ1) is 17.0. The van der Waals surface area contributed by atoms with Gasteiger partial charge in [-0.15, -0.1) is 5.10 Å². The Labute approximate surface area is 203 Å². The van der Waals surface area contributed by atoms with Gasteiger partial charge in [0.05, 0.1) is 23.0 Å². The molecule has 0 bridgehead atoms. The molecule has 2 aliphatic rings. The molecule has 0 aliphatic carbocycles. The zero-order chi connectivity index (χ0) is 24.1. The van der Waals surface area contributed by atoms with E-state index in [1.807, 2.05) is 12.1 Å². The second-order valence-electron chi connectivity index (χ2n) is 8.45. The largest absolute Gasteiger partial charge is 0.384 e. The molecular formula is C24H18ClFN8O. The maximum atomic E-state index is 14.3. The van der Waals surface area contributed by atoms with Crippen molar-refractivity contribution in [3.63, 3.8) is 0 Å². The van der Waals surface area contributed by atoms with Gasteiger partial charge in [0.1, 0.15) is 12.1 Å². The third kappa shape index (κ3) is 3.71. The van der Waals surface area contributed by atoms with E-state index in [0.29, 0.717) is 28.4 Å². The van der Waals surface area contributed by atoms with E-state index in [0.717, 1.165) is 35.2 Å². The number of aryl methyl sites for hydroxylation is 1. The Morgan fingerprint density at radius 1 is 1.11 bits per heavy atom. The van der Waals surface area contributed by atoms with Gasteiger partial charge in [-0.05, 0) is 70.8 Å². The number of rotatable bonds is 4. The Bertz CT molecular complexity index is 1590. The lowest BCUT2D eigenvalue weighted by Gasteiger charge is -2.17. The van der Waals surface area contributed by atoms with Crippen LogP contribution in [0.1, 0.15) is 30.1 Å². The summed E-state index contributed by atoms with van der Waals surface area (Å²) in [5, 5.41) is 11.9. The lowest BCUT2D eigenvalue weighted by atomic mass is 9.99. The topological polar surface area (TPSA) is 117 Å². The smallest absolute Gasteiger partial charge is 0.251 e. The SMILES string of the molecule is Nc1ccc(C2=NC=C([C@@H]3CCc4cc(-c5cc(Cl)ccc5-n5cnnn5)cc(=O)n43)C2)c(F)n1. The van der Waals surface area contributed by atoms with Gasteiger partial charge >= 0.3 is 0 Å². The highest BCUT2D eigenvalue weighted by Gasteiger charge is 2.30. The van der Waals surface area contributed by atoms with Gasteiger partial charge in [-0.25, -0.2) is 4.98 Å². The van der Waals surface area contributed by atoms with E-state index in [9.17, 15) is 9.18 Å². The summed E-state index contributed by atoms with van der Waals surface area (Å²) in [5.41, 5.74) is 10.4. The summed E-state index contributed by atoms with van der Waals surface area (Å²) in [6.07, 6.45) is 5.15. The molecule has 3 aromatic heterocycles. The second-order valence-corrected chi connectivity index (χ2v) is 8.88. The zero-order valence-corrected chi connectivity index (χ0v) is 19.0. The fraction of sp³-hybridized carbons (Fsp3) is 0.167. The molecule has 0 unspecified atom stereocenters. The molecule has 0 spiro atoms. The molecule has 0 fully saturated rings. The summed E-state index contributed by atoms with van der Waals surface area (Å²) >= 11 is 6.28. The summed E-state index contributed by atoms with van der Waals surface area (Å²) in [6, 6.07) is 12.0. The molecule has 11 heteroatoms. The zero-order valence-electron chi connectivity index (χ0n) is 18.3. The van der Waals surface area contributed by atoms with Gasteiger partial charge in [0.2, 0.25) is 5.95 Å². The fourth-order valence-corrected chi connectivity index (χ4v) is 4.96. The molecule has 5 heterocycles. The van der Waals surface area contributed by atoms with Crippen LogP contribution in [0.15, 0.2) is 70.4 Å². The van der Waals surface area contributed by atoms with E-state index in [-0.39, 0.29) is 17.4 Å². The minimum absolute atomic E-state index is 0.119. The van der Waals surface area contributed by atoms with Crippen LogP contribution in [0, 0.1) is 5.95 Å². The number of tetrazole rings is 1. The monoisotopic (exact) mass is 488 g/mol. The average Bonchev–Trinajstić information content (AvgIpc) is 3.59. The quantitative estimate of drug-likeness (QED) is 0.439. The molecule has 35 heavy (non-hydrogen) atoms. The average molecular weight is 489 g/mol. The third-order valence-electron chi connectivity index (χ3n) is 6.37. The molecule has 1 aromatic carbocycles. The van der Waals surface area contributed by atoms with Gasteiger partial charge in [0, 0.05) is 35.0 Å². The van der Waals surface area contributed by atoms with E-state index in [1.165, 1.54) is 11.0 Å². The van der Waals surface area contributed by atoms with Crippen molar-refractivity contribution in [1.82, 2.24) is 29.8 Å². The van der Waals surface area contributed by atoms with Crippen molar-refractivity contribution in [2.24, 2.45) is 4.99 Å². The van der Waals surface area contributed by atoms with E-state index < -0.39 is 5.95 Å². The van der Waals surface area contributed by atoms with Crippen molar-refractivity contribution in [2.75, 3.05) is 5.73 Å². The molecule has 1 atom stereocenters. The lowest BCUT2D eigenvalue weighted by Crippen LogP contribution is -2.24. The van der Waals surface area contributed by atoms with Gasteiger partial charge < -0.3 is 10.3 Å². The summed E-state index contributed by atoms with van der Waals surface area (Å²) in [7, 11) is 0. The number of benzene rings is 1. The Kier molecular flexibility index (Phi) is 5.03. The lowest BCUT2D eigenvalue weighted by molar-refractivity contribution is 0.579. The highest BCUT2D eigenvalue weighted by Crippen LogP contribution is 2.37. The number of aromatic nitrogens is 6. The van der Waals surface area contributed by atoms with E-state index >= 15 is 0 Å². The maximum Gasteiger partial charge on any atom is 0.251 e. The second kappa shape index (κ2) is 8.24. The van der Waals surface area contributed by atoms with Crippen molar-refractivity contribution in [3.05, 3.63) is 93.1 Å². The van der Waals surface area contributed by atoms with E-state index in [1.54, 1.807) is 41.1 Å². The number of anilines is 1. The van der Waals surface area contributed by atoms with Crippen LogP contribution in [0.4, 0.5) is 10.2 Å². The first-order valence-corrected chi connectivity index (χ1v) is 11.3. The number of nitrogens with zero attached hydrogens (tertiary/aromatic N) is 7. The van der Waals surface area contributed by atoms with E-state index in [4.69, 9.17) is 17.3 Å². The number of allylic oxidation sites excluding steroid dienone is 1. The standard InChI is InChI=1S/C24H18ClFN8O/c25-15-1-4-21(33-12-29-31-32-33)18(10-15)13-7-16-2-5-20(34(16)23(35)9-13)14-8-19(28-11-14)17-3-6-22(27)30-24(17)26/h1,3-4,6-7,9-12,20H,2,5,8H2,(H2,27,30)/t20-/m0/s1. The van der Waals surface area contributed by atoms with Crippen molar-refractivity contribution in [3.8, 4) is 16.8 Å². The van der Waals surface area contributed by atoms with Crippen molar-refractivity contribution >= 4 is 23.1 Å². The first kappa shape index (κ1) is 21.4. The molecule has 0 amide bonds. The van der Waals surface area contributed by atoms with Crippen LogP contribution in [0.2, 0.25) is 5.02 Å². The molecular weight excluding hydrogens is 471 g/mol. The maximum absolute atomic E-state index is 14.3. The molecule has 6 rings (SSSR count). The first-order valence-electron chi connectivity index (χ1n) is 10.9. The van der Waals surface area contributed by atoms with Crippen LogP contribution < -0.4 is 11.3 Å². The Hall–Kier alpha value is -4.18. The normalized spacial score (nSPS) is 16.8. The molecule has 4 aromatic rings. The van der Waals surface area contributed by atoms with Gasteiger partial charge in [0.25, 0.3) is 5.56 Å². The predicted molar refractivity (Wildman–Crippen MR) is 129 cm³/mol. The molecule has 0 saturated carbocycles. The van der Waals surface area contributed by atoms with Crippen molar-refractivity contribution < 1.29 is 4.39 Å². The van der Waals surface area contributed by atoms with Crippen LogP contribution >= 0.6 is 11.6 Å². The molecule has 2 N–H and O–H groups in total. The van der Waals surface area contributed by atoms with Gasteiger partial charge in [-0.1, -0.05) is 11.6 Å². The number of fused-ring (bicyclic) bond motifs is 1. The van der Waals surface area contributed by atoms with Gasteiger partial charge in [-0.3, -0.25) is 9.79 Å². The number of hydrogen-bond acceptors (Lipinski definition) is 7. The molecule has 9 nitrogen and oxygen atoms in total. The van der Waals surface area contributed by atoms with Crippen LogP contribution in [-0.2, 0) is 6.42 Å². The van der Waals surface area contributed by atoms with Crippen LogP contribution in [-0.4, -0.2) is 35.5 Å². The number of pyridine rings is 2. The number of halogens is 2. The van der Waals surface area contributed by atoms with Crippen molar-refractivity contribution in [1.29, 1.82) is 0 Å². The van der Waals surface area contributed by atoms with Crippen LogP contribution in [0.5, 0.6) is 0 Å². The minimum atomic E-state index is -0.646. The van der Waals surface area contributed by atoms with Crippen molar-refractivity contribution in [2.45, 2.75) is 25.3 Å². The summed E-state index contributed by atoms with van der Waals surface area (Å²) < 4.78 is 17.6. The minimum Gasteiger partial charge on any atom is -0.384 e. The summed E-state index contributed by atoms with van der Waals surface area (Å²) in [4.78, 5) is 21.4.